The second kappa shape index (κ2) is 11.5. The number of para-hydroxylation sites is 2. The molecular formula is C52H39BN2S. The van der Waals surface area contributed by atoms with Gasteiger partial charge in [0.15, 0.2) is 0 Å². The van der Waals surface area contributed by atoms with Gasteiger partial charge in [-0.3, -0.25) is 0 Å². The average Bonchev–Trinajstić information content (AvgIpc) is 3.85. The molecule has 8 aromatic rings. The Morgan fingerprint density at radius 2 is 1.16 bits per heavy atom. The highest BCUT2D eigenvalue weighted by Gasteiger charge is 2.56. The fourth-order valence-electron chi connectivity index (χ4n) is 10.6. The number of rotatable bonds is 3. The van der Waals surface area contributed by atoms with E-state index in [4.69, 9.17) is 0 Å². The number of nitrogens with zero attached hydrogens (tertiary/aromatic N) is 2. The van der Waals surface area contributed by atoms with E-state index in [-0.39, 0.29) is 6.71 Å². The molecule has 7 aromatic carbocycles. The number of anilines is 6. The monoisotopic (exact) mass is 734 g/mol. The van der Waals surface area contributed by atoms with Crippen molar-refractivity contribution in [3.8, 4) is 22.3 Å². The second-order valence-electron chi connectivity index (χ2n) is 16.4. The Morgan fingerprint density at radius 3 is 1.88 bits per heavy atom. The molecule has 0 saturated heterocycles. The van der Waals surface area contributed by atoms with Gasteiger partial charge < -0.3 is 9.80 Å². The molecule has 0 fully saturated rings. The third-order valence-corrected chi connectivity index (χ3v) is 14.3. The number of hydrogen-bond acceptors (Lipinski definition) is 3. The number of hydrogen-bond donors (Lipinski definition) is 0. The van der Waals surface area contributed by atoms with Crippen LogP contribution in [0.15, 0.2) is 158 Å². The van der Waals surface area contributed by atoms with Crippen LogP contribution in [0.5, 0.6) is 0 Å². The first-order valence-electron chi connectivity index (χ1n) is 19.9. The predicted molar refractivity (Wildman–Crippen MR) is 238 cm³/mol. The third-order valence-electron chi connectivity index (χ3n) is 12.9. The molecule has 2 aliphatic heterocycles. The maximum Gasteiger partial charge on any atom is 0.264 e. The van der Waals surface area contributed by atoms with E-state index in [1.807, 2.05) is 0 Å². The van der Waals surface area contributed by atoms with Crippen molar-refractivity contribution in [2.24, 2.45) is 0 Å². The van der Waals surface area contributed by atoms with Gasteiger partial charge in [-0.2, -0.15) is 0 Å². The zero-order chi connectivity index (χ0) is 37.4. The summed E-state index contributed by atoms with van der Waals surface area (Å²) >= 11 is 2.06. The molecule has 0 atom stereocenters. The Hall–Kier alpha value is -6.10. The molecule has 2 aliphatic carbocycles. The van der Waals surface area contributed by atoms with Crippen molar-refractivity contribution in [1.82, 2.24) is 0 Å². The van der Waals surface area contributed by atoms with Gasteiger partial charge in [-0.25, -0.2) is 0 Å². The minimum absolute atomic E-state index is 0.0754. The third kappa shape index (κ3) is 4.02. The van der Waals surface area contributed by atoms with Crippen LogP contribution < -0.4 is 25.5 Å². The first-order chi connectivity index (χ1) is 27.4. The second-order valence-corrected chi connectivity index (χ2v) is 17.4. The molecule has 4 heteroatoms. The van der Waals surface area contributed by atoms with Gasteiger partial charge in [0.05, 0.1) is 11.1 Å². The Labute approximate surface area is 333 Å². The van der Waals surface area contributed by atoms with Crippen molar-refractivity contribution in [1.29, 1.82) is 0 Å². The summed E-state index contributed by atoms with van der Waals surface area (Å²) in [5, 5.41) is 0. The van der Waals surface area contributed by atoms with Gasteiger partial charge in [0.1, 0.15) is 0 Å². The summed E-state index contributed by atoms with van der Waals surface area (Å²) in [5.74, 6) is 0.417. The van der Waals surface area contributed by atoms with Crippen molar-refractivity contribution in [3.05, 3.63) is 196 Å². The maximum absolute atomic E-state index is 2.63. The van der Waals surface area contributed by atoms with Crippen LogP contribution in [-0.4, -0.2) is 6.71 Å². The molecule has 4 aliphatic rings. The van der Waals surface area contributed by atoms with Crippen LogP contribution in [0.1, 0.15) is 58.0 Å². The van der Waals surface area contributed by atoms with E-state index in [0.29, 0.717) is 5.92 Å². The first-order valence-corrected chi connectivity index (χ1v) is 20.7. The summed E-state index contributed by atoms with van der Waals surface area (Å²) < 4.78 is 1.42. The van der Waals surface area contributed by atoms with E-state index < -0.39 is 5.41 Å². The molecule has 56 heavy (non-hydrogen) atoms. The number of thiophene rings is 1. The molecular weight excluding hydrogens is 695 g/mol. The standard InChI is InChI=1S/C52H39BN2S/c1-31(2)34-24-27-39-42(30-34)52(40-18-10-8-16-37(40)38-17-9-11-19-41(38)52)50-47(39)49-51(56-50)53-43-20-12-13-21-44(43)54(35-14-6-5-7-15-35)45-28-33(4)29-46(48(45)53)55(49)36-25-22-32(3)23-26-36/h5-31H,1-4H3. The molecule has 266 valence electrons. The zero-order valence-electron chi connectivity index (χ0n) is 32.0. The Morgan fingerprint density at radius 1 is 0.536 bits per heavy atom. The molecule has 0 unspecified atom stereocenters. The molecule has 0 radical (unpaired) electrons. The van der Waals surface area contributed by atoms with Crippen molar-refractivity contribution in [3.63, 3.8) is 0 Å². The first kappa shape index (κ1) is 32.2. The van der Waals surface area contributed by atoms with Crippen LogP contribution >= 0.6 is 11.3 Å². The number of aryl methyl sites for hydroxylation is 2. The normalized spacial score (nSPS) is 14.6. The predicted octanol–water partition coefficient (Wildman–Crippen LogP) is 11.9. The summed E-state index contributed by atoms with van der Waals surface area (Å²) in [6.45, 7) is 9.18. The van der Waals surface area contributed by atoms with Gasteiger partial charge in [0, 0.05) is 43.7 Å². The summed E-state index contributed by atoms with van der Waals surface area (Å²) in [6, 6.07) is 60.0. The van der Waals surface area contributed by atoms with E-state index in [1.54, 1.807) is 0 Å². The minimum atomic E-state index is -0.418. The highest BCUT2D eigenvalue weighted by molar-refractivity contribution is 7.30. The van der Waals surface area contributed by atoms with Gasteiger partial charge in [0.25, 0.3) is 6.71 Å². The van der Waals surface area contributed by atoms with Gasteiger partial charge in [-0.1, -0.05) is 135 Å². The summed E-state index contributed by atoms with van der Waals surface area (Å²) in [7, 11) is 0. The number of benzene rings is 7. The van der Waals surface area contributed by atoms with Crippen LogP contribution in [0.25, 0.3) is 22.3 Å². The summed E-state index contributed by atoms with van der Waals surface area (Å²) in [4.78, 5) is 6.59. The Balaban J connectivity index is 1.25. The average molecular weight is 735 g/mol. The Bertz CT molecular complexity index is 2890. The summed E-state index contributed by atoms with van der Waals surface area (Å²) in [6.07, 6.45) is 0. The maximum atomic E-state index is 2.63. The largest absolute Gasteiger partial charge is 0.311 e. The molecule has 1 spiro atoms. The van der Waals surface area contributed by atoms with Gasteiger partial charge in [0.2, 0.25) is 0 Å². The highest BCUT2D eigenvalue weighted by atomic mass is 32.1. The van der Waals surface area contributed by atoms with Gasteiger partial charge in [-0.15, -0.1) is 11.3 Å². The number of fused-ring (bicyclic) bond motifs is 15. The molecule has 2 nitrogen and oxygen atoms in total. The van der Waals surface area contributed by atoms with Crippen molar-refractivity contribution in [2.75, 3.05) is 9.80 Å². The van der Waals surface area contributed by atoms with Gasteiger partial charge in [-0.05, 0) is 118 Å². The molecule has 3 heterocycles. The van der Waals surface area contributed by atoms with Crippen LogP contribution in [0.4, 0.5) is 34.1 Å². The Kier molecular flexibility index (Phi) is 6.59. The van der Waals surface area contributed by atoms with Crippen LogP contribution in [-0.2, 0) is 5.41 Å². The zero-order valence-corrected chi connectivity index (χ0v) is 32.8. The van der Waals surface area contributed by atoms with E-state index in [2.05, 4.69) is 207 Å². The molecule has 1 aromatic heterocycles. The fourth-order valence-corrected chi connectivity index (χ4v) is 12.2. The molecule has 0 bridgehead atoms. The topological polar surface area (TPSA) is 6.48 Å². The lowest BCUT2D eigenvalue weighted by Gasteiger charge is -2.43. The highest BCUT2D eigenvalue weighted by Crippen LogP contribution is 2.67. The lowest BCUT2D eigenvalue weighted by atomic mass is 9.36. The van der Waals surface area contributed by atoms with Crippen LogP contribution in [0.2, 0.25) is 0 Å². The van der Waals surface area contributed by atoms with Crippen LogP contribution in [0, 0.1) is 13.8 Å². The quantitative estimate of drug-likeness (QED) is 0.167. The van der Waals surface area contributed by atoms with Crippen LogP contribution in [0.3, 0.4) is 0 Å². The van der Waals surface area contributed by atoms with E-state index >= 15 is 0 Å². The molecule has 0 saturated carbocycles. The summed E-state index contributed by atoms with van der Waals surface area (Å²) in [5.41, 5.74) is 23.4. The van der Waals surface area contributed by atoms with Crippen molar-refractivity contribution < 1.29 is 0 Å². The van der Waals surface area contributed by atoms with E-state index in [0.717, 1.165) is 0 Å². The SMILES string of the molecule is Cc1ccc(N2c3cc(C)cc4c3B(c3ccccc3N4c3ccccc3)c3sc4c(c32)-c2ccc(C(C)C)cc2C42c3ccccc3-c3ccccc32)cc1. The smallest absolute Gasteiger partial charge is 0.264 e. The minimum Gasteiger partial charge on any atom is -0.311 e. The molecule has 0 amide bonds. The molecule has 12 rings (SSSR count). The van der Waals surface area contributed by atoms with Crippen molar-refractivity contribution in [2.45, 2.75) is 39.0 Å². The van der Waals surface area contributed by atoms with E-state index in [1.165, 1.54) is 110 Å². The lowest BCUT2D eigenvalue weighted by Crippen LogP contribution is -2.60. The molecule has 0 N–H and O–H groups in total. The van der Waals surface area contributed by atoms with Gasteiger partial charge >= 0.3 is 0 Å². The van der Waals surface area contributed by atoms with Crippen molar-refractivity contribution >= 4 is 67.9 Å². The fraction of sp³-hybridized carbons (Fsp3) is 0.115. The lowest BCUT2D eigenvalue weighted by molar-refractivity contribution is 0.799. The van der Waals surface area contributed by atoms with E-state index in [9.17, 15) is 0 Å².